The topological polar surface area (TPSA) is 75.7 Å². The van der Waals surface area contributed by atoms with Gasteiger partial charge in [-0.3, -0.25) is 9.59 Å². The zero-order chi connectivity index (χ0) is 21.8. The van der Waals surface area contributed by atoms with Crippen LogP contribution in [0.4, 0.5) is 5.69 Å². The van der Waals surface area contributed by atoms with E-state index in [9.17, 15) is 14.4 Å². The first-order chi connectivity index (χ1) is 15.0. The van der Waals surface area contributed by atoms with Gasteiger partial charge in [-0.2, -0.15) is 0 Å². The Morgan fingerprint density at radius 1 is 1.06 bits per heavy atom. The predicted molar refractivity (Wildman–Crippen MR) is 119 cm³/mol. The lowest BCUT2D eigenvalue weighted by molar-refractivity contribution is -0.124. The van der Waals surface area contributed by atoms with Crippen molar-refractivity contribution in [2.24, 2.45) is 0 Å². The maximum Gasteiger partial charge on any atom is 0.338 e. The van der Waals surface area contributed by atoms with E-state index in [1.807, 2.05) is 49.4 Å². The number of hydrogen-bond acceptors (Lipinski definition) is 4. The molecule has 3 aromatic carbocycles. The van der Waals surface area contributed by atoms with E-state index in [4.69, 9.17) is 4.74 Å². The molecule has 1 fully saturated rings. The van der Waals surface area contributed by atoms with Gasteiger partial charge in [0.1, 0.15) is 0 Å². The number of fused-ring (bicyclic) bond motifs is 1. The van der Waals surface area contributed by atoms with Crippen molar-refractivity contribution < 1.29 is 19.1 Å². The molecular weight excluding hydrogens is 392 g/mol. The van der Waals surface area contributed by atoms with Gasteiger partial charge in [0.15, 0.2) is 6.61 Å². The first-order valence-corrected chi connectivity index (χ1v) is 10.4. The lowest BCUT2D eigenvalue weighted by Crippen LogP contribution is -2.31. The third-order valence-corrected chi connectivity index (χ3v) is 5.47. The van der Waals surface area contributed by atoms with Gasteiger partial charge in [0.2, 0.25) is 5.91 Å². The van der Waals surface area contributed by atoms with Crippen LogP contribution in [0.1, 0.15) is 41.7 Å². The number of carbonyl (C=O) groups is 3. The highest BCUT2D eigenvalue weighted by atomic mass is 16.5. The first-order valence-electron chi connectivity index (χ1n) is 10.4. The predicted octanol–water partition coefficient (Wildman–Crippen LogP) is 4.00. The van der Waals surface area contributed by atoms with Crippen LogP contribution in [-0.4, -0.2) is 30.9 Å². The number of anilines is 1. The van der Waals surface area contributed by atoms with Crippen molar-refractivity contribution in [2.45, 2.75) is 25.8 Å². The fourth-order valence-corrected chi connectivity index (χ4v) is 3.93. The van der Waals surface area contributed by atoms with Gasteiger partial charge < -0.3 is 15.0 Å². The van der Waals surface area contributed by atoms with Gasteiger partial charge in [-0.25, -0.2) is 4.79 Å². The number of rotatable bonds is 6. The zero-order valence-electron chi connectivity index (χ0n) is 17.3. The number of nitrogens with one attached hydrogen (secondary N) is 1. The maximum atomic E-state index is 12.4. The second-order valence-corrected chi connectivity index (χ2v) is 7.63. The number of benzene rings is 3. The minimum Gasteiger partial charge on any atom is -0.452 e. The Morgan fingerprint density at radius 2 is 1.84 bits per heavy atom. The molecule has 1 saturated heterocycles. The van der Waals surface area contributed by atoms with Crippen molar-refractivity contribution in [1.82, 2.24) is 5.32 Å². The summed E-state index contributed by atoms with van der Waals surface area (Å²) in [6, 6.07) is 20.5. The van der Waals surface area contributed by atoms with Crippen molar-refractivity contribution in [2.75, 3.05) is 18.1 Å². The monoisotopic (exact) mass is 416 g/mol. The van der Waals surface area contributed by atoms with Gasteiger partial charge in [-0.15, -0.1) is 0 Å². The van der Waals surface area contributed by atoms with Crippen molar-refractivity contribution in [3.8, 4) is 0 Å². The highest BCUT2D eigenvalue weighted by Gasteiger charge is 2.22. The summed E-state index contributed by atoms with van der Waals surface area (Å²) < 4.78 is 5.20. The lowest BCUT2D eigenvalue weighted by Gasteiger charge is -2.17. The summed E-state index contributed by atoms with van der Waals surface area (Å²) >= 11 is 0. The second-order valence-electron chi connectivity index (χ2n) is 7.63. The van der Waals surface area contributed by atoms with Gasteiger partial charge in [0, 0.05) is 18.7 Å². The Labute approximate surface area is 180 Å². The summed E-state index contributed by atoms with van der Waals surface area (Å²) in [6.45, 7) is 2.17. The molecule has 0 spiro atoms. The summed E-state index contributed by atoms with van der Waals surface area (Å²) in [4.78, 5) is 38.4. The molecule has 1 aliphatic heterocycles. The van der Waals surface area contributed by atoms with Gasteiger partial charge in [-0.1, -0.05) is 48.5 Å². The SMILES string of the molecule is CC(NC(=O)COC(=O)c1cccc(N2CCCC2=O)c1)c1cccc2ccccc12. The molecule has 1 aliphatic rings. The van der Waals surface area contributed by atoms with E-state index in [2.05, 4.69) is 5.32 Å². The Balaban J connectivity index is 1.36. The molecule has 1 N–H and O–H groups in total. The fourth-order valence-electron chi connectivity index (χ4n) is 3.93. The first kappa shape index (κ1) is 20.6. The molecule has 6 nitrogen and oxygen atoms in total. The van der Waals surface area contributed by atoms with Crippen molar-refractivity contribution in [3.63, 3.8) is 0 Å². The minimum absolute atomic E-state index is 0.0484. The fraction of sp³-hybridized carbons (Fsp3) is 0.240. The average molecular weight is 416 g/mol. The molecule has 2 amide bonds. The highest BCUT2D eigenvalue weighted by Crippen LogP contribution is 2.24. The second kappa shape index (κ2) is 9.00. The van der Waals surface area contributed by atoms with Gasteiger partial charge >= 0.3 is 5.97 Å². The van der Waals surface area contributed by atoms with E-state index in [1.165, 1.54) is 0 Å². The van der Waals surface area contributed by atoms with E-state index in [0.29, 0.717) is 24.2 Å². The van der Waals surface area contributed by atoms with Crippen LogP contribution in [0.5, 0.6) is 0 Å². The van der Waals surface area contributed by atoms with E-state index in [0.717, 1.165) is 22.8 Å². The van der Waals surface area contributed by atoms with Crippen molar-refractivity contribution in [1.29, 1.82) is 0 Å². The zero-order valence-corrected chi connectivity index (χ0v) is 17.3. The number of ether oxygens (including phenoxy) is 1. The maximum absolute atomic E-state index is 12.4. The van der Waals surface area contributed by atoms with Crippen LogP contribution in [0.2, 0.25) is 0 Å². The van der Waals surface area contributed by atoms with Gasteiger partial charge in [0.05, 0.1) is 11.6 Å². The number of esters is 1. The highest BCUT2D eigenvalue weighted by molar-refractivity contribution is 5.98. The summed E-state index contributed by atoms with van der Waals surface area (Å²) in [7, 11) is 0. The summed E-state index contributed by atoms with van der Waals surface area (Å²) in [5, 5.41) is 5.06. The molecule has 0 bridgehead atoms. The molecule has 0 aromatic heterocycles. The molecule has 158 valence electrons. The Kier molecular flexibility index (Phi) is 5.98. The third-order valence-electron chi connectivity index (χ3n) is 5.47. The number of amides is 2. The van der Waals surface area contributed by atoms with Crippen LogP contribution in [-0.2, 0) is 14.3 Å². The summed E-state index contributed by atoms with van der Waals surface area (Å²) in [5.74, 6) is -0.923. The van der Waals surface area contributed by atoms with E-state index in [-0.39, 0.29) is 24.5 Å². The van der Waals surface area contributed by atoms with Crippen LogP contribution in [0, 0.1) is 0 Å². The van der Waals surface area contributed by atoms with Gasteiger partial charge in [0.25, 0.3) is 5.91 Å². The molecule has 0 saturated carbocycles. The lowest BCUT2D eigenvalue weighted by atomic mass is 10.00. The van der Waals surface area contributed by atoms with Gasteiger partial charge in [-0.05, 0) is 47.9 Å². The van der Waals surface area contributed by atoms with Crippen LogP contribution in [0.15, 0.2) is 66.7 Å². The molecule has 1 heterocycles. The molecule has 4 rings (SSSR count). The van der Waals surface area contributed by atoms with E-state index in [1.54, 1.807) is 29.2 Å². The molecule has 3 aromatic rings. The average Bonchev–Trinajstić information content (AvgIpc) is 3.23. The van der Waals surface area contributed by atoms with E-state index < -0.39 is 5.97 Å². The molecular formula is C25H24N2O4. The summed E-state index contributed by atoms with van der Waals surface area (Å²) in [6.07, 6.45) is 1.33. The molecule has 1 unspecified atom stereocenters. The largest absolute Gasteiger partial charge is 0.452 e. The molecule has 1 atom stereocenters. The molecule has 0 radical (unpaired) electrons. The molecule has 6 heteroatoms. The minimum atomic E-state index is -0.596. The van der Waals surface area contributed by atoms with E-state index >= 15 is 0 Å². The Bertz CT molecular complexity index is 1140. The molecule has 31 heavy (non-hydrogen) atoms. The standard InChI is InChI=1S/C25H24N2O4/c1-17(21-12-5-8-18-7-2-3-11-22(18)21)26-23(28)16-31-25(30)19-9-4-10-20(15-19)27-14-6-13-24(27)29/h2-5,7-12,15,17H,6,13-14,16H2,1H3,(H,26,28). The van der Waals surface area contributed by atoms with Crippen molar-refractivity contribution in [3.05, 3.63) is 77.9 Å². The number of nitrogens with zero attached hydrogens (tertiary/aromatic N) is 1. The Hall–Kier alpha value is -3.67. The molecule has 0 aliphatic carbocycles. The van der Waals surface area contributed by atoms with Crippen LogP contribution in [0.25, 0.3) is 10.8 Å². The smallest absolute Gasteiger partial charge is 0.338 e. The number of hydrogen-bond donors (Lipinski definition) is 1. The van der Waals surface area contributed by atoms with Crippen LogP contribution < -0.4 is 10.2 Å². The summed E-state index contributed by atoms with van der Waals surface area (Å²) in [5.41, 5.74) is 1.99. The normalized spacial score (nSPS) is 14.5. The quantitative estimate of drug-likeness (QED) is 0.617. The van der Waals surface area contributed by atoms with Crippen LogP contribution >= 0.6 is 0 Å². The third kappa shape index (κ3) is 4.58. The number of carbonyl (C=O) groups excluding carboxylic acids is 3. The van der Waals surface area contributed by atoms with Crippen molar-refractivity contribution >= 4 is 34.2 Å². The Morgan fingerprint density at radius 3 is 2.65 bits per heavy atom. The van der Waals surface area contributed by atoms with Crippen LogP contribution in [0.3, 0.4) is 0 Å².